The predicted octanol–water partition coefficient (Wildman–Crippen LogP) is 3.54. The molecule has 0 aliphatic rings. The van der Waals surface area contributed by atoms with Gasteiger partial charge in [-0.1, -0.05) is 24.3 Å². The van der Waals surface area contributed by atoms with Crippen molar-refractivity contribution in [2.75, 3.05) is 11.9 Å². The van der Waals surface area contributed by atoms with E-state index in [4.69, 9.17) is 4.74 Å². The second kappa shape index (κ2) is 6.90. The molecule has 0 radical (unpaired) electrons. The molecule has 0 spiro atoms. The maximum Gasteiger partial charge on any atom is 0.0736 e. The van der Waals surface area contributed by atoms with E-state index in [-0.39, 0.29) is 0 Å². The van der Waals surface area contributed by atoms with E-state index in [1.165, 1.54) is 11.1 Å². The number of anilines is 1. The Balaban J connectivity index is 2.00. The van der Waals surface area contributed by atoms with Crippen LogP contribution >= 0.6 is 0 Å². The third-order valence-corrected chi connectivity index (χ3v) is 2.93. The van der Waals surface area contributed by atoms with Crippen molar-refractivity contribution in [2.24, 2.45) is 0 Å². The Morgan fingerprint density at radius 1 is 1.16 bits per heavy atom. The van der Waals surface area contributed by atoms with E-state index in [1.807, 2.05) is 38.2 Å². The highest BCUT2D eigenvalue weighted by molar-refractivity contribution is 5.51. The Kier molecular flexibility index (Phi) is 4.93. The number of hydrogen-bond donors (Lipinski definition) is 1. The van der Waals surface area contributed by atoms with Crippen LogP contribution in [0.4, 0.5) is 5.69 Å². The standard InChI is InChI=1S/C16H20N2O/c1-3-19-12-15-6-4-5-7-16(15)18-11-14-9-8-13(2)17-10-14/h4-10,18H,3,11-12H2,1-2H3. The van der Waals surface area contributed by atoms with Gasteiger partial charge in [0, 0.05) is 36.3 Å². The molecule has 1 N–H and O–H groups in total. The number of nitrogens with one attached hydrogen (secondary N) is 1. The zero-order valence-electron chi connectivity index (χ0n) is 11.5. The Bertz CT molecular complexity index is 508. The van der Waals surface area contributed by atoms with E-state index in [0.717, 1.165) is 24.5 Å². The first-order valence-corrected chi connectivity index (χ1v) is 6.60. The van der Waals surface area contributed by atoms with Gasteiger partial charge >= 0.3 is 0 Å². The normalized spacial score (nSPS) is 10.4. The fourth-order valence-corrected chi connectivity index (χ4v) is 1.83. The quantitative estimate of drug-likeness (QED) is 0.858. The van der Waals surface area contributed by atoms with Gasteiger partial charge in [-0.2, -0.15) is 0 Å². The minimum Gasteiger partial charge on any atom is -0.381 e. The van der Waals surface area contributed by atoms with Crippen molar-refractivity contribution in [3.05, 3.63) is 59.4 Å². The van der Waals surface area contributed by atoms with Crippen LogP contribution in [0, 0.1) is 6.92 Å². The molecule has 0 saturated heterocycles. The Morgan fingerprint density at radius 2 is 2.00 bits per heavy atom. The lowest BCUT2D eigenvalue weighted by Gasteiger charge is -2.12. The van der Waals surface area contributed by atoms with Crippen LogP contribution in [0.1, 0.15) is 23.7 Å². The summed E-state index contributed by atoms with van der Waals surface area (Å²) in [5, 5.41) is 3.44. The summed E-state index contributed by atoms with van der Waals surface area (Å²) >= 11 is 0. The number of aromatic nitrogens is 1. The number of nitrogens with zero attached hydrogens (tertiary/aromatic N) is 1. The van der Waals surface area contributed by atoms with Crippen LogP contribution in [0.5, 0.6) is 0 Å². The molecule has 1 aromatic carbocycles. The summed E-state index contributed by atoms with van der Waals surface area (Å²) in [6, 6.07) is 12.4. The average molecular weight is 256 g/mol. The first kappa shape index (κ1) is 13.6. The fraction of sp³-hybridized carbons (Fsp3) is 0.312. The Labute approximate surface area is 114 Å². The molecule has 0 aliphatic carbocycles. The lowest BCUT2D eigenvalue weighted by Crippen LogP contribution is -2.04. The number of hydrogen-bond acceptors (Lipinski definition) is 3. The van der Waals surface area contributed by atoms with Gasteiger partial charge < -0.3 is 10.1 Å². The minimum absolute atomic E-state index is 0.645. The SMILES string of the molecule is CCOCc1ccccc1NCc1ccc(C)nc1. The molecule has 0 amide bonds. The summed E-state index contributed by atoms with van der Waals surface area (Å²) < 4.78 is 5.48. The van der Waals surface area contributed by atoms with Crippen LogP contribution in [0.25, 0.3) is 0 Å². The Hall–Kier alpha value is -1.87. The average Bonchev–Trinajstić information content (AvgIpc) is 2.45. The van der Waals surface area contributed by atoms with Crippen LogP contribution in [0.15, 0.2) is 42.6 Å². The zero-order chi connectivity index (χ0) is 13.5. The lowest BCUT2D eigenvalue weighted by atomic mass is 10.1. The van der Waals surface area contributed by atoms with Crippen molar-refractivity contribution in [2.45, 2.75) is 27.0 Å². The molecule has 19 heavy (non-hydrogen) atoms. The van der Waals surface area contributed by atoms with Gasteiger partial charge in [0.25, 0.3) is 0 Å². The number of ether oxygens (including phenoxy) is 1. The van der Waals surface area contributed by atoms with Crippen LogP contribution in [0.3, 0.4) is 0 Å². The van der Waals surface area contributed by atoms with Crippen molar-refractivity contribution < 1.29 is 4.74 Å². The van der Waals surface area contributed by atoms with Crippen LogP contribution in [0.2, 0.25) is 0 Å². The van der Waals surface area contributed by atoms with Gasteiger partial charge in [-0.3, -0.25) is 4.98 Å². The molecular weight excluding hydrogens is 236 g/mol. The molecule has 2 rings (SSSR count). The number of aryl methyl sites for hydroxylation is 1. The van der Waals surface area contributed by atoms with E-state index in [1.54, 1.807) is 0 Å². The molecular formula is C16H20N2O. The summed E-state index contributed by atoms with van der Waals surface area (Å²) in [4.78, 5) is 4.30. The molecule has 0 fully saturated rings. The topological polar surface area (TPSA) is 34.1 Å². The van der Waals surface area contributed by atoms with Crippen molar-refractivity contribution in [1.82, 2.24) is 4.98 Å². The summed E-state index contributed by atoms with van der Waals surface area (Å²) in [7, 11) is 0. The zero-order valence-corrected chi connectivity index (χ0v) is 11.5. The minimum atomic E-state index is 0.645. The van der Waals surface area contributed by atoms with Crippen molar-refractivity contribution in [3.63, 3.8) is 0 Å². The van der Waals surface area contributed by atoms with Gasteiger partial charge in [-0.15, -0.1) is 0 Å². The predicted molar refractivity (Wildman–Crippen MR) is 78.1 cm³/mol. The number of benzene rings is 1. The number of rotatable bonds is 6. The molecule has 100 valence electrons. The summed E-state index contributed by atoms with van der Waals surface area (Å²) in [6.45, 7) is 6.15. The summed E-state index contributed by atoms with van der Waals surface area (Å²) in [6.07, 6.45) is 1.91. The van der Waals surface area contributed by atoms with E-state index in [0.29, 0.717) is 6.61 Å². The molecule has 3 nitrogen and oxygen atoms in total. The maximum atomic E-state index is 5.48. The van der Waals surface area contributed by atoms with Crippen molar-refractivity contribution in [3.8, 4) is 0 Å². The van der Waals surface area contributed by atoms with Gasteiger partial charge in [0.1, 0.15) is 0 Å². The lowest BCUT2D eigenvalue weighted by molar-refractivity contribution is 0.134. The first-order chi connectivity index (χ1) is 9.29. The highest BCUT2D eigenvalue weighted by Crippen LogP contribution is 2.17. The third kappa shape index (κ3) is 4.07. The first-order valence-electron chi connectivity index (χ1n) is 6.60. The van der Waals surface area contributed by atoms with Gasteiger partial charge in [0.05, 0.1) is 6.61 Å². The van der Waals surface area contributed by atoms with Gasteiger partial charge in [-0.05, 0) is 31.5 Å². The maximum absolute atomic E-state index is 5.48. The van der Waals surface area contributed by atoms with Gasteiger partial charge in [-0.25, -0.2) is 0 Å². The highest BCUT2D eigenvalue weighted by atomic mass is 16.5. The smallest absolute Gasteiger partial charge is 0.0736 e. The van der Waals surface area contributed by atoms with Crippen LogP contribution in [-0.2, 0) is 17.9 Å². The molecule has 2 aromatic rings. The molecule has 1 heterocycles. The van der Waals surface area contributed by atoms with E-state index in [2.05, 4.69) is 28.5 Å². The summed E-state index contributed by atoms with van der Waals surface area (Å²) in [5.41, 5.74) is 4.53. The molecule has 3 heteroatoms. The monoisotopic (exact) mass is 256 g/mol. The molecule has 0 saturated carbocycles. The van der Waals surface area contributed by atoms with E-state index in [9.17, 15) is 0 Å². The van der Waals surface area contributed by atoms with E-state index >= 15 is 0 Å². The number of pyridine rings is 1. The Morgan fingerprint density at radius 3 is 2.74 bits per heavy atom. The molecule has 1 aromatic heterocycles. The molecule has 0 unspecified atom stereocenters. The van der Waals surface area contributed by atoms with Crippen LogP contribution < -0.4 is 5.32 Å². The molecule has 0 atom stereocenters. The number of para-hydroxylation sites is 1. The summed E-state index contributed by atoms with van der Waals surface area (Å²) in [5.74, 6) is 0. The molecule has 0 aliphatic heterocycles. The van der Waals surface area contributed by atoms with Crippen molar-refractivity contribution >= 4 is 5.69 Å². The van der Waals surface area contributed by atoms with Gasteiger partial charge in [0.15, 0.2) is 0 Å². The highest BCUT2D eigenvalue weighted by Gasteiger charge is 2.01. The third-order valence-electron chi connectivity index (χ3n) is 2.93. The second-order valence-corrected chi connectivity index (χ2v) is 4.46. The van der Waals surface area contributed by atoms with Crippen molar-refractivity contribution in [1.29, 1.82) is 0 Å². The fourth-order valence-electron chi connectivity index (χ4n) is 1.83. The second-order valence-electron chi connectivity index (χ2n) is 4.46. The molecule has 0 bridgehead atoms. The largest absolute Gasteiger partial charge is 0.381 e. The van der Waals surface area contributed by atoms with E-state index < -0.39 is 0 Å². The van der Waals surface area contributed by atoms with Crippen LogP contribution in [-0.4, -0.2) is 11.6 Å². The van der Waals surface area contributed by atoms with Gasteiger partial charge in [0.2, 0.25) is 0 Å².